The molecule has 0 aliphatic heterocycles. The molecule has 4 heteroatoms. The fraction of sp³-hybridized carbons (Fsp3) is 0. The van der Waals surface area contributed by atoms with Gasteiger partial charge in [-0.05, 0) is 24.3 Å². The Hall–Kier alpha value is -1.61. The van der Waals surface area contributed by atoms with Gasteiger partial charge in [0.25, 0.3) is 0 Å². The third-order valence-electron chi connectivity index (χ3n) is 1.86. The van der Waals surface area contributed by atoms with Gasteiger partial charge in [0.2, 0.25) is 0 Å². The van der Waals surface area contributed by atoms with Crippen molar-refractivity contribution in [3.8, 4) is 11.1 Å². The second kappa shape index (κ2) is 3.64. The summed E-state index contributed by atoms with van der Waals surface area (Å²) >= 11 is 5.93. The molecule has 0 unspecified atom stereocenters. The summed E-state index contributed by atoms with van der Waals surface area (Å²) in [6, 6.07) is 7.32. The van der Waals surface area contributed by atoms with E-state index in [0.717, 1.165) is 11.1 Å². The maximum atomic E-state index is 5.93. The first-order valence-electron chi connectivity index (χ1n) is 4.10. The number of rotatable bonds is 1. The summed E-state index contributed by atoms with van der Waals surface area (Å²) in [7, 11) is 0. The Morgan fingerprint density at radius 3 is 2.64 bits per heavy atom. The van der Waals surface area contributed by atoms with Gasteiger partial charge in [0.05, 0.1) is 0 Å². The van der Waals surface area contributed by atoms with E-state index in [9.17, 15) is 0 Å². The Morgan fingerprint density at radius 1 is 1.14 bits per heavy atom. The highest BCUT2D eigenvalue weighted by atomic mass is 35.5. The van der Waals surface area contributed by atoms with Gasteiger partial charge >= 0.3 is 0 Å². The molecule has 0 saturated carbocycles. The maximum absolute atomic E-state index is 5.93. The van der Waals surface area contributed by atoms with Crippen LogP contribution in [0.4, 0.5) is 5.82 Å². The highest BCUT2D eigenvalue weighted by Gasteiger charge is 2.02. The van der Waals surface area contributed by atoms with Gasteiger partial charge in [-0.25, -0.2) is 9.97 Å². The predicted molar refractivity (Wildman–Crippen MR) is 56.9 cm³/mol. The Balaban J connectivity index is 2.50. The van der Waals surface area contributed by atoms with Crippen LogP contribution in [0, 0.1) is 0 Å². The topological polar surface area (TPSA) is 51.8 Å². The number of nitrogen functional groups attached to an aromatic ring is 1. The van der Waals surface area contributed by atoms with Crippen LogP contribution in [0.15, 0.2) is 36.7 Å². The normalized spacial score (nSPS) is 10.1. The first-order chi connectivity index (χ1) is 6.77. The van der Waals surface area contributed by atoms with Crippen molar-refractivity contribution in [2.24, 2.45) is 0 Å². The third kappa shape index (κ3) is 1.67. The number of aromatic nitrogens is 2. The summed E-state index contributed by atoms with van der Waals surface area (Å²) in [6.45, 7) is 0. The summed E-state index contributed by atoms with van der Waals surface area (Å²) in [4.78, 5) is 7.97. The van der Waals surface area contributed by atoms with Gasteiger partial charge in [-0.3, -0.25) is 0 Å². The molecule has 0 bridgehead atoms. The van der Waals surface area contributed by atoms with E-state index >= 15 is 0 Å². The minimum atomic E-state index is 0.471. The zero-order valence-corrected chi connectivity index (χ0v) is 8.07. The lowest BCUT2D eigenvalue weighted by atomic mass is 10.1. The molecule has 3 nitrogen and oxygen atoms in total. The van der Waals surface area contributed by atoms with Gasteiger partial charge in [0.1, 0.15) is 11.0 Å². The zero-order valence-electron chi connectivity index (χ0n) is 7.31. The molecule has 2 heterocycles. The lowest BCUT2D eigenvalue weighted by molar-refractivity contribution is 1.30. The summed E-state index contributed by atoms with van der Waals surface area (Å²) in [5, 5.41) is 0.471. The standard InChI is InChI=1S/C10H8ClN3/c11-10-8(2-1-5-13-10)7-3-4-9(12)14-6-7/h1-6H,(H2,12,14). The smallest absolute Gasteiger partial charge is 0.136 e. The average molecular weight is 206 g/mol. The largest absolute Gasteiger partial charge is 0.384 e. The number of hydrogen-bond donors (Lipinski definition) is 1. The molecule has 14 heavy (non-hydrogen) atoms. The van der Waals surface area contributed by atoms with Crippen molar-refractivity contribution in [2.45, 2.75) is 0 Å². The molecule has 0 fully saturated rings. The van der Waals surface area contributed by atoms with Crippen molar-refractivity contribution in [1.82, 2.24) is 9.97 Å². The molecule has 0 atom stereocenters. The van der Waals surface area contributed by atoms with Crippen molar-refractivity contribution < 1.29 is 0 Å². The lowest BCUT2D eigenvalue weighted by Crippen LogP contribution is -1.89. The van der Waals surface area contributed by atoms with Gasteiger partial charge in [-0.2, -0.15) is 0 Å². The minimum Gasteiger partial charge on any atom is -0.384 e. The van der Waals surface area contributed by atoms with Crippen LogP contribution in [0.1, 0.15) is 0 Å². The molecule has 0 saturated heterocycles. The van der Waals surface area contributed by atoms with Crippen molar-refractivity contribution in [3.05, 3.63) is 41.8 Å². The van der Waals surface area contributed by atoms with Gasteiger partial charge < -0.3 is 5.73 Å². The molecular weight excluding hydrogens is 198 g/mol. The van der Waals surface area contributed by atoms with Crippen LogP contribution in [-0.4, -0.2) is 9.97 Å². The summed E-state index contributed by atoms with van der Waals surface area (Å²) in [6.07, 6.45) is 3.33. The van der Waals surface area contributed by atoms with E-state index < -0.39 is 0 Å². The number of nitrogens with two attached hydrogens (primary N) is 1. The quantitative estimate of drug-likeness (QED) is 0.728. The SMILES string of the molecule is Nc1ccc(-c2cccnc2Cl)cn1. The van der Waals surface area contributed by atoms with Crippen LogP contribution in [0.25, 0.3) is 11.1 Å². The monoisotopic (exact) mass is 205 g/mol. The molecule has 0 aliphatic carbocycles. The van der Waals surface area contributed by atoms with Crippen molar-refractivity contribution in [3.63, 3.8) is 0 Å². The highest BCUT2D eigenvalue weighted by molar-refractivity contribution is 6.32. The summed E-state index contributed by atoms with van der Waals surface area (Å²) in [5.41, 5.74) is 7.26. The van der Waals surface area contributed by atoms with Gasteiger partial charge in [-0.15, -0.1) is 0 Å². The predicted octanol–water partition coefficient (Wildman–Crippen LogP) is 2.38. The molecule has 2 aromatic heterocycles. The van der Waals surface area contributed by atoms with Gasteiger partial charge in [-0.1, -0.05) is 11.6 Å². The molecule has 2 N–H and O–H groups in total. The number of halogens is 1. The second-order valence-corrected chi connectivity index (χ2v) is 3.17. The zero-order chi connectivity index (χ0) is 9.97. The third-order valence-corrected chi connectivity index (χ3v) is 2.16. The Bertz CT molecular complexity index is 439. The van der Waals surface area contributed by atoms with E-state index in [1.165, 1.54) is 0 Å². The highest BCUT2D eigenvalue weighted by Crippen LogP contribution is 2.24. The summed E-state index contributed by atoms with van der Waals surface area (Å²) < 4.78 is 0. The van der Waals surface area contributed by atoms with Crippen molar-refractivity contribution in [2.75, 3.05) is 5.73 Å². The molecule has 70 valence electrons. The molecule has 0 amide bonds. The molecule has 2 rings (SSSR count). The number of nitrogens with zero attached hydrogens (tertiary/aromatic N) is 2. The lowest BCUT2D eigenvalue weighted by Gasteiger charge is -2.02. The Labute approximate surface area is 86.6 Å². The fourth-order valence-electron chi connectivity index (χ4n) is 1.17. The molecule has 0 radical (unpaired) electrons. The Morgan fingerprint density at radius 2 is 2.00 bits per heavy atom. The van der Waals surface area contributed by atoms with Crippen LogP contribution < -0.4 is 5.73 Å². The van der Waals surface area contributed by atoms with Crippen LogP contribution >= 0.6 is 11.6 Å². The van der Waals surface area contributed by atoms with E-state index in [1.807, 2.05) is 18.2 Å². The molecule has 0 spiro atoms. The van der Waals surface area contributed by atoms with E-state index in [0.29, 0.717) is 11.0 Å². The minimum absolute atomic E-state index is 0.471. The molecule has 0 aliphatic rings. The fourth-order valence-corrected chi connectivity index (χ4v) is 1.39. The van der Waals surface area contributed by atoms with Crippen LogP contribution in [-0.2, 0) is 0 Å². The van der Waals surface area contributed by atoms with E-state index in [1.54, 1.807) is 18.5 Å². The molecule has 0 aromatic carbocycles. The first-order valence-corrected chi connectivity index (χ1v) is 4.47. The molecular formula is C10H8ClN3. The Kier molecular flexibility index (Phi) is 2.33. The number of pyridine rings is 2. The van der Waals surface area contributed by atoms with Crippen LogP contribution in [0.3, 0.4) is 0 Å². The van der Waals surface area contributed by atoms with E-state index in [-0.39, 0.29) is 0 Å². The second-order valence-electron chi connectivity index (χ2n) is 2.81. The van der Waals surface area contributed by atoms with E-state index in [2.05, 4.69) is 9.97 Å². The van der Waals surface area contributed by atoms with E-state index in [4.69, 9.17) is 17.3 Å². The summed E-state index contributed by atoms with van der Waals surface area (Å²) in [5.74, 6) is 0.494. The van der Waals surface area contributed by atoms with Crippen molar-refractivity contribution in [1.29, 1.82) is 0 Å². The van der Waals surface area contributed by atoms with Crippen LogP contribution in [0.5, 0.6) is 0 Å². The first kappa shape index (κ1) is 8.97. The number of hydrogen-bond acceptors (Lipinski definition) is 3. The van der Waals surface area contributed by atoms with Gasteiger partial charge in [0.15, 0.2) is 0 Å². The van der Waals surface area contributed by atoms with Crippen LogP contribution in [0.2, 0.25) is 5.15 Å². The maximum Gasteiger partial charge on any atom is 0.136 e. The van der Waals surface area contributed by atoms with Gasteiger partial charge in [0, 0.05) is 23.5 Å². The number of anilines is 1. The molecule has 2 aromatic rings. The average Bonchev–Trinajstić information content (AvgIpc) is 2.20. The van der Waals surface area contributed by atoms with Crippen molar-refractivity contribution >= 4 is 17.4 Å².